The molecule has 7 heteroatoms. The fourth-order valence-electron chi connectivity index (χ4n) is 2.00. The Balaban J connectivity index is 1.75. The van der Waals surface area contributed by atoms with Crippen molar-refractivity contribution in [3.8, 4) is 0 Å². The second-order valence-corrected chi connectivity index (χ2v) is 4.61. The normalized spacial score (nSPS) is 14.2. The maximum Gasteiger partial charge on any atom is 0.317 e. The van der Waals surface area contributed by atoms with Gasteiger partial charge in [0.05, 0.1) is 5.69 Å². The van der Waals surface area contributed by atoms with Crippen molar-refractivity contribution < 1.29 is 14.0 Å². The second-order valence-electron chi connectivity index (χ2n) is 4.61. The van der Waals surface area contributed by atoms with Gasteiger partial charge < -0.3 is 21.3 Å². The van der Waals surface area contributed by atoms with Crippen molar-refractivity contribution >= 4 is 23.3 Å². The number of halogens is 1. The first kappa shape index (κ1) is 14.1. The third kappa shape index (κ3) is 3.59. The van der Waals surface area contributed by atoms with Crippen LogP contribution in [0.25, 0.3) is 0 Å². The molecule has 20 heavy (non-hydrogen) atoms. The number of nitrogens with one attached hydrogen (secondary N) is 2. The van der Waals surface area contributed by atoms with Gasteiger partial charge in [-0.25, -0.2) is 9.18 Å². The maximum atomic E-state index is 13.0. The maximum absolute atomic E-state index is 13.0. The van der Waals surface area contributed by atoms with Crippen molar-refractivity contribution in [3.63, 3.8) is 0 Å². The molecule has 2 rings (SSSR count). The first-order valence-electron chi connectivity index (χ1n) is 6.44. The van der Waals surface area contributed by atoms with E-state index in [9.17, 15) is 14.0 Å². The Morgan fingerprint density at radius 1 is 1.50 bits per heavy atom. The third-order valence-corrected chi connectivity index (χ3v) is 3.06. The molecule has 1 aliphatic heterocycles. The summed E-state index contributed by atoms with van der Waals surface area (Å²) in [5, 5.41) is 5.34. The highest BCUT2D eigenvalue weighted by Gasteiger charge is 2.18. The Morgan fingerprint density at radius 2 is 2.30 bits per heavy atom. The fourth-order valence-corrected chi connectivity index (χ4v) is 2.00. The summed E-state index contributed by atoms with van der Waals surface area (Å²) in [5.74, 6) is -0.696. The summed E-state index contributed by atoms with van der Waals surface area (Å²) in [6.45, 7) is 1.87. The Kier molecular flexibility index (Phi) is 4.39. The molecular weight excluding hydrogens is 263 g/mol. The van der Waals surface area contributed by atoms with Crippen molar-refractivity contribution in [3.05, 3.63) is 24.0 Å². The molecule has 0 radical (unpaired) electrons. The van der Waals surface area contributed by atoms with Gasteiger partial charge in [-0.05, 0) is 24.6 Å². The molecule has 0 spiro atoms. The zero-order valence-corrected chi connectivity index (χ0v) is 11.0. The molecule has 1 aromatic carbocycles. The van der Waals surface area contributed by atoms with E-state index in [1.807, 2.05) is 0 Å². The van der Waals surface area contributed by atoms with Crippen molar-refractivity contribution in [1.82, 2.24) is 10.2 Å². The number of benzene rings is 1. The van der Waals surface area contributed by atoms with Crippen molar-refractivity contribution in [1.29, 1.82) is 0 Å². The van der Waals surface area contributed by atoms with Crippen LogP contribution in [0, 0.1) is 5.82 Å². The van der Waals surface area contributed by atoms with Gasteiger partial charge in [0, 0.05) is 31.7 Å². The molecule has 0 saturated carbocycles. The molecule has 0 unspecified atom stereocenters. The molecule has 1 fully saturated rings. The average molecular weight is 280 g/mol. The molecule has 0 aliphatic carbocycles. The van der Waals surface area contributed by atoms with Gasteiger partial charge in [0.25, 0.3) is 0 Å². The SMILES string of the molecule is Nc1cc(NC(=O)CCCN2CCNC2=O)ccc1F. The monoisotopic (exact) mass is 280 g/mol. The van der Waals surface area contributed by atoms with Crippen LogP contribution >= 0.6 is 0 Å². The first-order chi connectivity index (χ1) is 9.56. The molecule has 0 aromatic heterocycles. The minimum Gasteiger partial charge on any atom is -0.396 e. The summed E-state index contributed by atoms with van der Waals surface area (Å²) in [4.78, 5) is 24.6. The Labute approximate surface area is 116 Å². The number of nitrogens with zero attached hydrogens (tertiary/aromatic N) is 1. The number of hydrogen-bond acceptors (Lipinski definition) is 3. The summed E-state index contributed by atoms with van der Waals surface area (Å²) in [7, 11) is 0. The topological polar surface area (TPSA) is 87.5 Å². The lowest BCUT2D eigenvalue weighted by Crippen LogP contribution is -2.29. The average Bonchev–Trinajstić information content (AvgIpc) is 2.80. The number of anilines is 2. The van der Waals surface area contributed by atoms with Gasteiger partial charge in [-0.2, -0.15) is 0 Å². The molecule has 1 heterocycles. The van der Waals surface area contributed by atoms with E-state index in [-0.39, 0.29) is 17.6 Å². The molecule has 1 saturated heterocycles. The number of rotatable bonds is 5. The quantitative estimate of drug-likeness (QED) is 0.707. The molecule has 4 N–H and O–H groups in total. The minimum absolute atomic E-state index is 0.00321. The predicted molar refractivity (Wildman–Crippen MR) is 73.6 cm³/mol. The molecule has 0 bridgehead atoms. The molecule has 3 amide bonds. The zero-order valence-electron chi connectivity index (χ0n) is 11.0. The zero-order chi connectivity index (χ0) is 14.5. The molecule has 1 aliphatic rings. The summed E-state index contributed by atoms with van der Waals surface area (Å²) in [6.07, 6.45) is 0.872. The van der Waals surface area contributed by atoms with Gasteiger partial charge in [-0.1, -0.05) is 0 Å². The van der Waals surface area contributed by atoms with Crippen LogP contribution in [0.5, 0.6) is 0 Å². The van der Waals surface area contributed by atoms with E-state index < -0.39 is 5.82 Å². The van der Waals surface area contributed by atoms with Crippen LogP contribution in [0.1, 0.15) is 12.8 Å². The smallest absolute Gasteiger partial charge is 0.317 e. The molecule has 108 valence electrons. The number of hydrogen-bond donors (Lipinski definition) is 3. The number of carbonyl (C=O) groups excluding carboxylic acids is 2. The highest BCUT2D eigenvalue weighted by molar-refractivity contribution is 5.91. The minimum atomic E-state index is -0.511. The van der Waals surface area contributed by atoms with Gasteiger partial charge in [-0.15, -0.1) is 0 Å². The Morgan fingerprint density at radius 3 is 2.95 bits per heavy atom. The number of nitrogens with two attached hydrogens (primary N) is 1. The van der Waals surface area contributed by atoms with Crippen LogP contribution in [-0.2, 0) is 4.79 Å². The lowest BCUT2D eigenvalue weighted by atomic mass is 10.2. The molecule has 6 nitrogen and oxygen atoms in total. The lowest BCUT2D eigenvalue weighted by Gasteiger charge is -2.13. The predicted octanol–water partition coefficient (Wildman–Crippen LogP) is 1.15. The van der Waals surface area contributed by atoms with E-state index in [0.29, 0.717) is 38.2 Å². The highest BCUT2D eigenvalue weighted by atomic mass is 19.1. The Hall–Kier alpha value is -2.31. The number of carbonyl (C=O) groups is 2. The molecular formula is C13H17FN4O2. The summed E-state index contributed by atoms with van der Waals surface area (Å²) in [6, 6.07) is 3.95. The van der Waals surface area contributed by atoms with Gasteiger partial charge in [-0.3, -0.25) is 4.79 Å². The van der Waals surface area contributed by atoms with E-state index in [1.165, 1.54) is 18.2 Å². The largest absolute Gasteiger partial charge is 0.396 e. The number of nitrogen functional groups attached to an aromatic ring is 1. The third-order valence-electron chi connectivity index (χ3n) is 3.06. The summed E-state index contributed by atoms with van der Waals surface area (Å²) in [5.41, 5.74) is 5.88. The van der Waals surface area contributed by atoms with Crippen LogP contribution in [-0.4, -0.2) is 36.5 Å². The van der Waals surface area contributed by atoms with Crippen LogP contribution < -0.4 is 16.4 Å². The van der Waals surface area contributed by atoms with Gasteiger partial charge >= 0.3 is 6.03 Å². The number of amides is 3. The lowest BCUT2D eigenvalue weighted by molar-refractivity contribution is -0.116. The van der Waals surface area contributed by atoms with Crippen LogP contribution in [0.4, 0.5) is 20.6 Å². The van der Waals surface area contributed by atoms with Gasteiger partial charge in [0.2, 0.25) is 5.91 Å². The van der Waals surface area contributed by atoms with Gasteiger partial charge in [0.1, 0.15) is 5.82 Å². The second kappa shape index (κ2) is 6.23. The number of urea groups is 1. The summed E-state index contributed by atoms with van der Waals surface area (Å²) < 4.78 is 13.0. The van der Waals surface area contributed by atoms with Crippen LogP contribution in [0.2, 0.25) is 0 Å². The molecule has 0 atom stereocenters. The summed E-state index contributed by atoms with van der Waals surface area (Å²) >= 11 is 0. The Bertz CT molecular complexity index is 521. The fraction of sp³-hybridized carbons (Fsp3) is 0.385. The van der Waals surface area contributed by atoms with Crippen molar-refractivity contribution in [2.45, 2.75) is 12.8 Å². The van der Waals surface area contributed by atoms with Crippen molar-refractivity contribution in [2.24, 2.45) is 0 Å². The van der Waals surface area contributed by atoms with E-state index in [1.54, 1.807) is 4.90 Å². The van der Waals surface area contributed by atoms with Crippen LogP contribution in [0.3, 0.4) is 0 Å². The van der Waals surface area contributed by atoms with Crippen LogP contribution in [0.15, 0.2) is 18.2 Å². The van der Waals surface area contributed by atoms with E-state index in [0.717, 1.165) is 0 Å². The highest BCUT2D eigenvalue weighted by Crippen LogP contribution is 2.16. The van der Waals surface area contributed by atoms with Gasteiger partial charge in [0.15, 0.2) is 0 Å². The van der Waals surface area contributed by atoms with Crippen molar-refractivity contribution in [2.75, 3.05) is 30.7 Å². The standard InChI is InChI=1S/C13H17FN4O2/c14-10-4-3-9(8-11(10)15)17-12(19)2-1-6-18-7-5-16-13(18)20/h3-4,8H,1-2,5-7,15H2,(H,16,20)(H,17,19). The van der Waals surface area contributed by atoms with E-state index in [4.69, 9.17) is 5.73 Å². The first-order valence-corrected chi connectivity index (χ1v) is 6.44. The molecule has 1 aromatic rings. The van der Waals surface area contributed by atoms with E-state index in [2.05, 4.69) is 10.6 Å². The van der Waals surface area contributed by atoms with E-state index >= 15 is 0 Å².